The van der Waals surface area contributed by atoms with Gasteiger partial charge in [-0.3, -0.25) is 0 Å². The first-order chi connectivity index (χ1) is 6.40. The predicted molar refractivity (Wildman–Crippen MR) is 54.1 cm³/mol. The molecule has 1 aliphatic carbocycles. The molecule has 0 unspecified atom stereocenters. The Balaban J connectivity index is 1.92. The quantitative estimate of drug-likeness (QED) is 0.803. The third kappa shape index (κ3) is 2.09. The predicted octanol–water partition coefficient (Wildman–Crippen LogP) is 2.34. The summed E-state index contributed by atoms with van der Waals surface area (Å²) in [4.78, 5) is 4.58. The van der Waals surface area contributed by atoms with Crippen molar-refractivity contribution in [2.24, 2.45) is 0 Å². The monoisotopic (exact) mass is 197 g/mol. The van der Waals surface area contributed by atoms with Crippen molar-refractivity contribution in [1.29, 1.82) is 0 Å². The fourth-order valence-corrected chi connectivity index (χ4v) is 2.48. The van der Waals surface area contributed by atoms with Gasteiger partial charge >= 0.3 is 0 Å². The van der Waals surface area contributed by atoms with E-state index in [1.807, 2.05) is 0 Å². The summed E-state index contributed by atoms with van der Waals surface area (Å²) < 4.78 is 0. The molecule has 2 nitrogen and oxygen atoms in total. The van der Waals surface area contributed by atoms with Crippen LogP contribution in [0.5, 0.6) is 0 Å². The lowest BCUT2D eigenvalue weighted by Crippen LogP contribution is -2.08. The summed E-state index contributed by atoms with van der Waals surface area (Å²) in [5, 5.41) is 12.1. The number of hydrogen-bond donors (Lipinski definition) is 1. The molecule has 0 bridgehead atoms. The molecular formula is C10H15NOS. The number of aliphatic hydroxyl groups excluding tert-OH is 1. The van der Waals surface area contributed by atoms with Gasteiger partial charge in [0.25, 0.3) is 0 Å². The van der Waals surface area contributed by atoms with E-state index < -0.39 is 0 Å². The molecule has 0 aliphatic heterocycles. The Kier molecular flexibility index (Phi) is 2.96. The zero-order chi connectivity index (χ0) is 9.10. The van der Waals surface area contributed by atoms with Crippen LogP contribution in [0.25, 0.3) is 0 Å². The topological polar surface area (TPSA) is 33.1 Å². The lowest BCUT2D eigenvalue weighted by molar-refractivity contribution is 0.288. The summed E-state index contributed by atoms with van der Waals surface area (Å²) in [6.45, 7) is 0.276. The normalized spacial score (nSPS) is 17.3. The molecule has 72 valence electrons. The molecule has 1 aromatic rings. The fraction of sp³-hybridized carbons (Fsp3) is 0.700. The molecule has 1 saturated carbocycles. The van der Waals surface area contributed by atoms with Crippen molar-refractivity contribution < 1.29 is 5.11 Å². The number of thiazole rings is 1. The molecule has 1 heterocycles. The molecule has 1 aliphatic rings. The standard InChI is InChI=1S/C10H15NOS/c12-6-2-5-10-11-9(7-13-10)8-3-1-4-8/h7-8,12H,1-6H2. The van der Waals surface area contributed by atoms with Crippen LogP contribution in [0.2, 0.25) is 0 Å². The fourth-order valence-electron chi connectivity index (χ4n) is 1.56. The van der Waals surface area contributed by atoms with Gasteiger partial charge in [0.15, 0.2) is 0 Å². The van der Waals surface area contributed by atoms with Crippen LogP contribution in [0.15, 0.2) is 5.38 Å². The number of aromatic nitrogens is 1. The van der Waals surface area contributed by atoms with Gasteiger partial charge < -0.3 is 5.11 Å². The van der Waals surface area contributed by atoms with Crippen LogP contribution < -0.4 is 0 Å². The second-order valence-corrected chi connectivity index (χ2v) is 4.56. The number of aryl methyl sites for hydroxylation is 1. The summed E-state index contributed by atoms with van der Waals surface area (Å²) in [7, 11) is 0. The van der Waals surface area contributed by atoms with Gasteiger partial charge in [0, 0.05) is 24.3 Å². The molecule has 0 spiro atoms. The van der Waals surface area contributed by atoms with E-state index in [9.17, 15) is 0 Å². The van der Waals surface area contributed by atoms with Gasteiger partial charge in [0.1, 0.15) is 0 Å². The lowest BCUT2D eigenvalue weighted by Gasteiger charge is -2.22. The van der Waals surface area contributed by atoms with Crippen LogP contribution in [-0.2, 0) is 6.42 Å². The van der Waals surface area contributed by atoms with E-state index in [2.05, 4.69) is 10.4 Å². The second kappa shape index (κ2) is 4.20. The van der Waals surface area contributed by atoms with Crippen molar-refractivity contribution in [2.45, 2.75) is 38.0 Å². The van der Waals surface area contributed by atoms with E-state index in [0.717, 1.165) is 18.8 Å². The minimum Gasteiger partial charge on any atom is -0.396 e. The van der Waals surface area contributed by atoms with Crippen LogP contribution in [0.4, 0.5) is 0 Å². The number of rotatable bonds is 4. The largest absolute Gasteiger partial charge is 0.396 e. The zero-order valence-corrected chi connectivity index (χ0v) is 8.52. The maximum atomic E-state index is 8.68. The van der Waals surface area contributed by atoms with E-state index in [1.54, 1.807) is 11.3 Å². The van der Waals surface area contributed by atoms with Crippen LogP contribution in [0.3, 0.4) is 0 Å². The number of nitrogens with zero attached hydrogens (tertiary/aromatic N) is 1. The van der Waals surface area contributed by atoms with Crippen molar-refractivity contribution in [3.63, 3.8) is 0 Å². The Hall–Kier alpha value is -0.410. The van der Waals surface area contributed by atoms with Gasteiger partial charge in [-0.05, 0) is 19.3 Å². The van der Waals surface area contributed by atoms with Crippen molar-refractivity contribution in [3.05, 3.63) is 16.1 Å². The minimum absolute atomic E-state index is 0.276. The average molecular weight is 197 g/mol. The molecule has 0 radical (unpaired) electrons. The van der Waals surface area contributed by atoms with Gasteiger partial charge in [0.05, 0.1) is 10.7 Å². The molecule has 1 fully saturated rings. The second-order valence-electron chi connectivity index (χ2n) is 3.62. The summed E-state index contributed by atoms with van der Waals surface area (Å²) in [5.41, 5.74) is 1.30. The van der Waals surface area contributed by atoms with Gasteiger partial charge in [0.2, 0.25) is 0 Å². The van der Waals surface area contributed by atoms with Gasteiger partial charge in [-0.25, -0.2) is 4.98 Å². The molecular weight excluding hydrogens is 182 g/mol. The number of hydrogen-bond acceptors (Lipinski definition) is 3. The molecule has 1 N–H and O–H groups in total. The first-order valence-corrected chi connectivity index (χ1v) is 5.83. The highest BCUT2D eigenvalue weighted by molar-refractivity contribution is 7.09. The molecule has 0 aromatic carbocycles. The highest BCUT2D eigenvalue weighted by Crippen LogP contribution is 2.36. The molecule has 0 saturated heterocycles. The maximum Gasteiger partial charge on any atom is 0.0929 e. The maximum absolute atomic E-state index is 8.68. The minimum atomic E-state index is 0.276. The third-order valence-corrected chi connectivity index (χ3v) is 3.57. The highest BCUT2D eigenvalue weighted by Gasteiger charge is 2.21. The first-order valence-electron chi connectivity index (χ1n) is 4.95. The van der Waals surface area contributed by atoms with E-state index in [-0.39, 0.29) is 6.61 Å². The van der Waals surface area contributed by atoms with Crippen LogP contribution in [0.1, 0.15) is 42.3 Å². The Labute approximate surface area is 82.6 Å². The summed E-state index contributed by atoms with van der Waals surface area (Å²) in [5.74, 6) is 0.749. The van der Waals surface area contributed by atoms with Crippen LogP contribution in [0, 0.1) is 0 Å². The SMILES string of the molecule is OCCCc1nc(C2CCC2)cs1. The molecule has 2 rings (SSSR count). The van der Waals surface area contributed by atoms with Crippen molar-refractivity contribution in [3.8, 4) is 0 Å². The summed E-state index contributed by atoms with van der Waals surface area (Å²) in [6, 6.07) is 0. The zero-order valence-electron chi connectivity index (χ0n) is 7.70. The molecule has 3 heteroatoms. The Morgan fingerprint density at radius 2 is 2.38 bits per heavy atom. The van der Waals surface area contributed by atoms with Gasteiger partial charge in [-0.2, -0.15) is 0 Å². The number of aliphatic hydroxyl groups is 1. The van der Waals surface area contributed by atoms with E-state index in [1.165, 1.54) is 30.0 Å². The van der Waals surface area contributed by atoms with Gasteiger partial charge in [-0.15, -0.1) is 11.3 Å². The average Bonchev–Trinajstić information content (AvgIpc) is 2.46. The van der Waals surface area contributed by atoms with Gasteiger partial charge in [-0.1, -0.05) is 6.42 Å². The Bertz CT molecular complexity index is 268. The Morgan fingerprint density at radius 3 is 3.00 bits per heavy atom. The molecule has 0 amide bonds. The first kappa shape index (κ1) is 9.16. The smallest absolute Gasteiger partial charge is 0.0929 e. The molecule has 0 atom stereocenters. The van der Waals surface area contributed by atoms with Crippen LogP contribution in [-0.4, -0.2) is 16.7 Å². The van der Waals surface area contributed by atoms with Crippen LogP contribution >= 0.6 is 11.3 Å². The van der Waals surface area contributed by atoms with Crippen molar-refractivity contribution in [2.75, 3.05) is 6.61 Å². The third-order valence-electron chi connectivity index (χ3n) is 2.64. The lowest BCUT2D eigenvalue weighted by atomic mass is 9.83. The summed E-state index contributed by atoms with van der Waals surface area (Å²) in [6.07, 6.45) is 5.80. The van der Waals surface area contributed by atoms with E-state index in [4.69, 9.17) is 5.11 Å². The van der Waals surface area contributed by atoms with Crippen molar-refractivity contribution in [1.82, 2.24) is 4.98 Å². The van der Waals surface area contributed by atoms with E-state index in [0.29, 0.717) is 0 Å². The molecule has 13 heavy (non-hydrogen) atoms. The van der Waals surface area contributed by atoms with E-state index >= 15 is 0 Å². The van der Waals surface area contributed by atoms with Crippen molar-refractivity contribution >= 4 is 11.3 Å². The highest BCUT2D eigenvalue weighted by atomic mass is 32.1. The summed E-state index contributed by atoms with van der Waals surface area (Å²) >= 11 is 1.74. The Morgan fingerprint density at radius 1 is 1.54 bits per heavy atom. The molecule has 1 aromatic heterocycles.